The highest BCUT2D eigenvalue weighted by molar-refractivity contribution is 7.99. The van der Waals surface area contributed by atoms with Crippen LogP contribution in [0.1, 0.15) is 46.5 Å². The number of hydrogen-bond donors (Lipinski definition) is 2. The summed E-state index contributed by atoms with van der Waals surface area (Å²) >= 11 is 2.04. The van der Waals surface area contributed by atoms with Gasteiger partial charge in [0.2, 0.25) is 0 Å². The standard InChI is InChI=1S/C13H28N2S/c1-4-16-9-7-11(2)15-12(3)10-13-6-5-8-14-13/h11-15H,4-10H2,1-3H3. The van der Waals surface area contributed by atoms with Crippen LogP contribution < -0.4 is 10.6 Å². The van der Waals surface area contributed by atoms with Gasteiger partial charge in [-0.15, -0.1) is 0 Å². The van der Waals surface area contributed by atoms with Gasteiger partial charge in [-0.25, -0.2) is 0 Å². The summed E-state index contributed by atoms with van der Waals surface area (Å²) in [4.78, 5) is 0. The fraction of sp³-hybridized carbons (Fsp3) is 1.00. The van der Waals surface area contributed by atoms with Crippen LogP contribution in [0.2, 0.25) is 0 Å². The van der Waals surface area contributed by atoms with E-state index >= 15 is 0 Å². The molecule has 2 nitrogen and oxygen atoms in total. The Morgan fingerprint density at radius 2 is 2.19 bits per heavy atom. The molecule has 0 aromatic carbocycles. The number of thioether (sulfide) groups is 1. The molecule has 1 aliphatic rings. The summed E-state index contributed by atoms with van der Waals surface area (Å²) in [6.07, 6.45) is 5.30. The minimum Gasteiger partial charge on any atom is -0.314 e. The van der Waals surface area contributed by atoms with Gasteiger partial charge in [-0.2, -0.15) is 11.8 Å². The maximum absolute atomic E-state index is 3.71. The molecule has 96 valence electrons. The highest BCUT2D eigenvalue weighted by Gasteiger charge is 2.17. The van der Waals surface area contributed by atoms with E-state index in [-0.39, 0.29) is 0 Å². The fourth-order valence-electron chi connectivity index (χ4n) is 2.43. The summed E-state index contributed by atoms with van der Waals surface area (Å²) in [6, 6.07) is 2.08. The van der Waals surface area contributed by atoms with Gasteiger partial charge in [-0.05, 0) is 57.6 Å². The Morgan fingerprint density at radius 1 is 1.38 bits per heavy atom. The van der Waals surface area contributed by atoms with E-state index in [4.69, 9.17) is 0 Å². The monoisotopic (exact) mass is 244 g/mol. The van der Waals surface area contributed by atoms with Crippen molar-refractivity contribution in [2.45, 2.75) is 64.6 Å². The zero-order valence-corrected chi connectivity index (χ0v) is 11.9. The van der Waals surface area contributed by atoms with E-state index in [9.17, 15) is 0 Å². The van der Waals surface area contributed by atoms with Crippen LogP contribution in [0.3, 0.4) is 0 Å². The van der Waals surface area contributed by atoms with Gasteiger partial charge in [-0.3, -0.25) is 0 Å². The Hall–Kier alpha value is 0.270. The van der Waals surface area contributed by atoms with Crippen molar-refractivity contribution in [3.63, 3.8) is 0 Å². The van der Waals surface area contributed by atoms with Crippen molar-refractivity contribution in [3.8, 4) is 0 Å². The van der Waals surface area contributed by atoms with Crippen LogP contribution in [-0.4, -0.2) is 36.2 Å². The molecule has 3 heteroatoms. The summed E-state index contributed by atoms with van der Waals surface area (Å²) in [5.41, 5.74) is 0. The first kappa shape index (κ1) is 14.3. The predicted molar refractivity (Wildman–Crippen MR) is 75.3 cm³/mol. The number of hydrogen-bond acceptors (Lipinski definition) is 3. The van der Waals surface area contributed by atoms with Crippen molar-refractivity contribution in [2.75, 3.05) is 18.1 Å². The Morgan fingerprint density at radius 3 is 2.81 bits per heavy atom. The molecule has 3 unspecified atom stereocenters. The third-order valence-corrected chi connectivity index (χ3v) is 4.20. The van der Waals surface area contributed by atoms with E-state index in [1.54, 1.807) is 0 Å². The van der Waals surface area contributed by atoms with E-state index in [0.29, 0.717) is 12.1 Å². The molecule has 0 saturated carbocycles. The molecule has 2 N–H and O–H groups in total. The Kier molecular flexibility index (Phi) is 7.50. The predicted octanol–water partition coefficient (Wildman–Crippen LogP) is 2.64. The number of nitrogens with one attached hydrogen (secondary N) is 2. The summed E-state index contributed by atoms with van der Waals surface area (Å²) in [5, 5.41) is 7.28. The van der Waals surface area contributed by atoms with E-state index in [2.05, 4.69) is 31.4 Å². The van der Waals surface area contributed by atoms with E-state index in [1.165, 1.54) is 43.7 Å². The van der Waals surface area contributed by atoms with Gasteiger partial charge in [0.05, 0.1) is 0 Å². The van der Waals surface area contributed by atoms with Crippen molar-refractivity contribution in [3.05, 3.63) is 0 Å². The largest absolute Gasteiger partial charge is 0.314 e. The second-order valence-electron chi connectivity index (χ2n) is 4.98. The molecule has 1 saturated heterocycles. The third-order valence-electron chi connectivity index (χ3n) is 3.27. The summed E-state index contributed by atoms with van der Waals surface area (Å²) in [6.45, 7) is 8.09. The van der Waals surface area contributed by atoms with Crippen molar-refractivity contribution in [1.29, 1.82) is 0 Å². The molecule has 0 bridgehead atoms. The second kappa shape index (κ2) is 8.37. The summed E-state index contributed by atoms with van der Waals surface area (Å²) in [7, 11) is 0. The molecule has 1 aliphatic heterocycles. The molecule has 0 spiro atoms. The lowest BCUT2D eigenvalue weighted by molar-refractivity contribution is 0.398. The first-order valence-electron chi connectivity index (χ1n) is 6.79. The van der Waals surface area contributed by atoms with Gasteiger partial charge >= 0.3 is 0 Å². The molecular weight excluding hydrogens is 216 g/mol. The van der Waals surface area contributed by atoms with Crippen LogP contribution in [0, 0.1) is 0 Å². The van der Waals surface area contributed by atoms with Gasteiger partial charge in [0, 0.05) is 18.1 Å². The highest BCUT2D eigenvalue weighted by Crippen LogP contribution is 2.12. The lowest BCUT2D eigenvalue weighted by Crippen LogP contribution is -2.39. The molecule has 1 heterocycles. The zero-order chi connectivity index (χ0) is 11.8. The van der Waals surface area contributed by atoms with Crippen LogP contribution in [-0.2, 0) is 0 Å². The van der Waals surface area contributed by atoms with Gasteiger partial charge in [0.1, 0.15) is 0 Å². The summed E-state index contributed by atoms with van der Waals surface area (Å²) < 4.78 is 0. The lowest BCUT2D eigenvalue weighted by atomic mass is 10.1. The van der Waals surface area contributed by atoms with Gasteiger partial charge < -0.3 is 10.6 Å². The molecular formula is C13H28N2S. The maximum atomic E-state index is 3.71. The zero-order valence-electron chi connectivity index (χ0n) is 11.1. The minimum absolute atomic E-state index is 0.650. The molecule has 0 aromatic heterocycles. The molecule has 0 aliphatic carbocycles. The van der Waals surface area contributed by atoms with Crippen LogP contribution in [0.25, 0.3) is 0 Å². The van der Waals surface area contributed by atoms with Crippen LogP contribution in [0.5, 0.6) is 0 Å². The first-order chi connectivity index (χ1) is 7.72. The van der Waals surface area contributed by atoms with Crippen molar-refractivity contribution >= 4 is 11.8 Å². The molecule has 0 radical (unpaired) electrons. The smallest absolute Gasteiger partial charge is 0.00822 e. The van der Waals surface area contributed by atoms with Gasteiger partial charge in [0.25, 0.3) is 0 Å². The third kappa shape index (κ3) is 6.12. The fourth-order valence-corrected chi connectivity index (χ4v) is 3.24. The quantitative estimate of drug-likeness (QED) is 0.642. The molecule has 16 heavy (non-hydrogen) atoms. The van der Waals surface area contributed by atoms with Gasteiger partial charge in [-0.1, -0.05) is 6.92 Å². The Labute approximate surface area is 105 Å². The normalized spacial score (nSPS) is 24.6. The number of rotatable bonds is 8. The Balaban J connectivity index is 2.05. The minimum atomic E-state index is 0.650. The molecule has 3 atom stereocenters. The second-order valence-corrected chi connectivity index (χ2v) is 6.38. The van der Waals surface area contributed by atoms with Crippen LogP contribution >= 0.6 is 11.8 Å². The van der Waals surface area contributed by atoms with E-state index < -0.39 is 0 Å². The van der Waals surface area contributed by atoms with Crippen LogP contribution in [0.15, 0.2) is 0 Å². The molecule has 0 amide bonds. The van der Waals surface area contributed by atoms with E-state index in [0.717, 1.165) is 6.04 Å². The SMILES string of the molecule is CCSCCC(C)NC(C)CC1CCCN1. The molecule has 1 fully saturated rings. The first-order valence-corrected chi connectivity index (χ1v) is 7.95. The van der Waals surface area contributed by atoms with E-state index in [1.807, 2.05) is 11.8 Å². The van der Waals surface area contributed by atoms with Crippen LogP contribution in [0.4, 0.5) is 0 Å². The average Bonchev–Trinajstić information content (AvgIpc) is 2.70. The van der Waals surface area contributed by atoms with Gasteiger partial charge in [0.15, 0.2) is 0 Å². The lowest BCUT2D eigenvalue weighted by Gasteiger charge is -2.22. The maximum Gasteiger partial charge on any atom is 0.00822 e. The molecule has 0 aromatic rings. The van der Waals surface area contributed by atoms with Crippen molar-refractivity contribution < 1.29 is 0 Å². The van der Waals surface area contributed by atoms with Crippen molar-refractivity contribution in [2.24, 2.45) is 0 Å². The van der Waals surface area contributed by atoms with Crippen molar-refractivity contribution in [1.82, 2.24) is 10.6 Å². The summed E-state index contributed by atoms with van der Waals surface area (Å²) in [5.74, 6) is 2.54. The topological polar surface area (TPSA) is 24.1 Å². The Bertz CT molecular complexity index is 169. The average molecular weight is 244 g/mol. The molecule has 1 rings (SSSR count). The highest BCUT2D eigenvalue weighted by atomic mass is 32.2.